The van der Waals surface area contributed by atoms with Crippen molar-refractivity contribution >= 4 is 16.8 Å². The Morgan fingerprint density at radius 2 is 1.96 bits per heavy atom. The average Bonchev–Trinajstić information content (AvgIpc) is 2.62. The van der Waals surface area contributed by atoms with Gasteiger partial charge in [0.15, 0.2) is 0 Å². The molecule has 0 saturated carbocycles. The second-order valence-electron chi connectivity index (χ2n) is 5.66. The highest BCUT2D eigenvalue weighted by Gasteiger charge is 2.13. The Balaban J connectivity index is 2.17. The van der Waals surface area contributed by atoms with Gasteiger partial charge in [-0.1, -0.05) is 39.0 Å². The molecule has 0 atom stereocenters. The maximum Gasteiger partial charge on any atom is 0.252 e. The number of aromatic nitrogens is 1. The van der Waals surface area contributed by atoms with E-state index in [1.807, 2.05) is 31.2 Å². The lowest BCUT2D eigenvalue weighted by atomic mass is 10.1. The lowest BCUT2D eigenvalue weighted by molar-refractivity contribution is 0.0950. The van der Waals surface area contributed by atoms with Gasteiger partial charge in [-0.25, -0.2) is 4.98 Å². The zero-order chi connectivity index (χ0) is 17.4. The van der Waals surface area contributed by atoms with Gasteiger partial charge in [0.05, 0.1) is 17.7 Å². The molecule has 0 aliphatic rings. The van der Waals surface area contributed by atoms with E-state index in [2.05, 4.69) is 29.0 Å². The van der Waals surface area contributed by atoms with E-state index in [4.69, 9.17) is 4.74 Å². The zero-order valence-electron chi connectivity index (χ0n) is 14.8. The molecule has 0 fully saturated rings. The summed E-state index contributed by atoms with van der Waals surface area (Å²) in [6.45, 7) is 10.3. The summed E-state index contributed by atoms with van der Waals surface area (Å²) >= 11 is 0. The minimum Gasteiger partial charge on any atom is -0.478 e. The topological polar surface area (TPSA) is 54.5 Å². The number of para-hydroxylation sites is 1. The standard InChI is InChI=1S/C19H27N3O2/c1-4-13-24-18-14-16(15-9-7-8-10-17(15)21-18)19(23)20-11-12-22(5-2)6-3/h7-10,14H,4-6,11-13H2,1-3H3,(H,20,23). The third-order valence-electron chi connectivity index (χ3n) is 4.00. The van der Waals surface area contributed by atoms with Gasteiger partial charge in [0.2, 0.25) is 5.88 Å². The monoisotopic (exact) mass is 329 g/mol. The van der Waals surface area contributed by atoms with Crippen molar-refractivity contribution in [2.45, 2.75) is 27.2 Å². The molecule has 1 aromatic carbocycles. The van der Waals surface area contributed by atoms with Crippen LogP contribution in [0.1, 0.15) is 37.6 Å². The van der Waals surface area contributed by atoms with Crippen LogP contribution in [0.3, 0.4) is 0 Å². The molecule has 0 aliphatic carbocycles. The summed E-state index contributed by atoms with van der Waals surface area (Å²) in [5, 5.41) is 3.86. The molecule has 1 amide bonds. The van der Waals surface area contributed by atoms with Crippen LogP contribution in [0.25, 0.3) is 10.9 Å². The predicted octanol–water partition coefficient (Wildman–Crippen LogP) is 3.10. The highest BCUT2D eigenvalue weighted by atomic mass is 16.5. The number of hydrogen-bond acceptors (Lipinski definition) is 4. The molecule has 24 heavy (non-hydrogen) atoms. The SMILES string of the molecule is CCCOc1cc(C(=O)NCCN(CC)CC)c2ccccc2n1. The fourth-order valence-electron chi connectivity index (χ4n) is 2.58. The number of rotatable bonds is 9. The first-order valence-corrected chi connectivity index (χ1v) is 8.72. The smallest absolute Gasteiger partial charge is 0.252 e. The van der Waals surface area contributed by atoms with Crippen molar-refractivity contribution < 1.29 is 9.53 Å². The summed E-state index contributed by atoms with van der Waals surface area (Å²) in [6, 6.07) is 9.40. The lowest BCUT2D eigenvalue weighted by Crippen LogP contribution is -2.34. The van der Waals surface area contributed by atoms with Gasteiger partial charge in [-0.05, 0) is 25.6 Å². The molecule has 1 aromatic heterocycles. The van der Waals surface area contributed by atoms with Gasteiger partial charge in [-0.3, -0.25) is 4.79 Å². The molecular formula is C19H27N3O2. The summed E-state index contributed by atoms with van der Waals surface area (Å²) in [5.41, 5.74) is 1.39. The van der Waals surface area contributed by atoms with Crippen LogP contribution in [0.5, 0.6) is 5.88 Å². The van der Waals surface area contributed by atoms with Crippen LogP contribution in [0.2, 0.25) is 0 Å². The van der Waals surface area contributed by atoms with E-state index >= 15 is 0 Å². The number of hydrogen-bond donors (Lipinski definition) is 1. The summed E-state index contributed by atoms with van der Waals surface area (Å²) < 4.78 is 5.63. The molecule has 0 aliphatic heterocycles. The van der Waals surface area contributed by atoms with Crippen LogP contribution in [-0.4, -0.2) is 48.6 Å². The van der Waals surface area contributed by atoms with Crippen molar-refractivity contribution in [1.82, 2.24) is 15.2 Å². The van der Waals surface area contributed by atoms with E-state index < -0.39 is 0 Å². The largest absolute Gasteiger partial charge is 0.478 e. The summed E-state index contributed by atoms with van der Waals surface area (Å²) in [6.07, 6.45) is 0.903. The van der Waals surface area contributed by atoms with Crippen LogP contribution < -0.4 is 10.1 Å². The molecule has 1 N–H and O–H groups in total. The van der Waals surface area contributed by atoms with Gasteiger partial charge in [-0.2, -0.15) is 0 Å². The van der Waals surface area contributed by atoms with Crippen LogP contribution in [0, 0.1) is 0 Å². The van der Waals surface area contributed by atoms with Crippen molar-refractivity contribution in [3.63, 3.8) is 0 Å². The number of carbonyl (C=O) groups is 1. The molecule has 0 bridgehead atoms. The van der Waals surface area contributed by atoms with Crippen LogP contribution in [0.15, 0.2) is 30.3 Å². The average molecular weight is 329 g/mol. The first-order valence-electron chi connectivity index (χ1n) is 8.72. The second kappa shape index (κ2) is 9.23. The Morgan fingerprint density at radius 1 is 1.21 bits per heavy atom. The van der Waals surface area contributed by atoms with Crippen LogP contribution in [0.4, 0.5) is 0 Å². The van der Waals surface area contributed by atoms with Gasteiger partial charge in [0.25, 0.3) is 5.91 Å². The molecule has 0 spiro atoms. The van der Waals surface area contributed by atoms with E-state index in [0.717, 1.165) is 37.0 Å². The van der Waals surface area contributed by atoms with Gasteiger partial charge in [0.1, 0.15) is 0 Å². The van der Waals surface area contributed by atoms with Crippen molar-refractivity contribution in [2.75, 3.05) is 32.8 Å². The van der Waals surface area contributed by atoms with Gasteiger partial charge >= 0.3 is 0 Å². The molecule has 130 valence electrons. The molecule has 5 heteroatoms. The van der Waals surface area contributed by atoms with Gasteiger partial charge < -0.3 is 15.0 Å². The van der Waals surface area contributed by atoms with Crippen molar-refractivity contribution in [2.24, 2.45) is 0 Å². The number of benzene rings is 1. The van der Waals surface area contributed by atoms with E-state index in [0.29, 0.717) is 24.6 Å². The third-order valence-corrected chi connectivity index (χ3v) is 4.00. The van der Waals surface area contributed by atoms with E-state index in [1.54, 1.807) is 6.07 Å². The molecule has 1 heterocycles. The number of likely N-dealkylation sites (N-methyl/N-ethyl adjacent to an activating group) is 1. The number of nitrogens with one attached hydrogen (secondary N) is 1. The molecule has 2 aromatic rings. The van der Waals surface area contributed by atoms with Gasteiger partial charge in [-0.15, -0.1) is 0 Å². The van der Waals surface area contributed by atoms with Crippen molar-refractivity contribution in [3.05, 3.63) is 35.9 Å². The molecule has 2 rings (SSSR count). The Bertz CT molecular complexity index is 669. The van der Waals surface area contributed by atoms with Gasteiger partial charge in [0, 0.05) is 24.5 Å². The molecule has 0 saturated heterocycles. The highest BCUT2D eigenvalue weighted by Crippen LogP contribution is 2.22. The van der Waals surface area contributed by atoms with Crippen molar-refractivity contribution in [3.8, 4) is 5.88 Å². The highest BCUT2D eigenvalue weighted by molar-refractivity contribution is 6.06. The van der Waals surface area contributed by atoms with Crippen LogP contribution in [-0.2, 0) is 0 Å². The minimum absolute atomic E-state index is 0.0814. The van der Waals surface area contributed by atoms with E-state index in [1.165, 1.54) is 0 Å². The lowest BCUT2D eigenvalue weighted by Gasteiger charge is -2.18. The minimum atomic E-state index is -0.0814. The Hall–Kier alpha value is -2.14. The quantitative estimate of drug-likeness (QED) is 0.768. The number of fused-ring (bicyclic) bond motifs is 1. The number of nitrogens with zero attached hydrogens (tertiary/aromatic N) is 2. The van der Waals surface area contributed by atoms with E-state index in [-0.39, 0.29) is 5.91 Å². The molecule has 0 unspecified atom stereocenters. The number of carbonyl (C=O) groups excluding carboxylic acids is 1. The molecule has 5 nitrogen and oxygen atoms in total. The Labute approximate surface area is 144 Å². The number of pyridine rings is 1. The Morgan fingerprint density at radius 3 is 2.67 bits per heavy atom. The third kappa shape index (κ3) is 4.68. The fourth-order valence-corrected chi connectivity index (χ4v) is 2.58. The Kier molecular flexibility index (Phi) is 7.00. The maximum atomic E-state index is 12.6. The second-order valence-corrected chi connectivity index (χ2v) is 5.66. The zero-order valence-corrected chi connectivity index (χ0v) is 14.8. The maximum absolute atomic E-state index is 12.6. The summed E-state index contributed by atoms with van der Waals surface area (Å²) in [7, 11) is 0. The fraction of sp³-hybridized carbons (Fsp3) is 0.474. The van der Waals surface area contributed by atoms with E-state index in [9.17, 15) is 4.79 Å². The number of ether oxygens (including phenoxy) is 1. The normalized spacial score (nSPS) is 11.0. The first-order chi connectivity index (χ1) is 11.7. The van der Waals surface area contributed by atoms with Crippen LogP contribution >= 0.6 is 0 Å². The molecular weight excluding hydrogens is 302 g/mol. The summed E-state index contributed by atoms with van der Waals surface area (Å²) in [5.74, 6) is 0.423. The predicted molar refractivity (Wildman–Crippen MR) is 97.7 cm³/mol. The molecule has 0 radical (unpaired) electrons. The number of amides is 1. The van der Waals surface area contributed by atoms with Crippen molar-refractivity contribution in [1.29, 1.82) is 0 Å². The summed E-state index contributed by atoms with van der Waals surface area (Å²) in [4.78, 5) is 19.4. The first kappa shape index (κ1) is 18.2.